The van der Waals surface area contributed by atoms with Gasteiger partial charge in [0.05, 0.1) is 10.6 Å². The number of carboxylic acids is 1. The Morgan fingerprint density at radius 2 is 2.00 bits per heavy atom. The highest BCUT2D eigenvalue weighted by atomic mass is 35.5. The molecule has 1 N–H and O–H groups in total. The Hall–Kier alpha value is -0.650. The lowest BCUT2D eigenvalue weighted by Gasteiger charge is -2.18. The van der Waals surface area contributed by atoms with E-state index in [1.54, 1.807) is 0 Å². The molecule has 0 unspecified atom stereocenters. The van der Waals surface area contributed by atoms with E-state index in [0.717, 1.165) is 0 Å². The molecule has 1 rings (SSSR count). The first-order valence-corrected chi connectivity index (χ1v) is 7.29. The summed E-state index contributed by atoms with van der Waals surface area (Å²) in [5, 5.41) is 8.90. The van der Waals surface area contributed by atoms with Crippen LogP contribution < -0.4 is 4.52 Å². The fourth-order valence-electron chi connectivity index (χ4n) is 0.977. The van der Waals surface area contributed by atoms with Gasteiger partial charge in [0.1, 0.15) is 5.75 Å². The molecule has 5 nitrogen and oxygen atoms in total. The Bertz CT molecular complexity index is 470. The second kappa shape index (κ2) is 5.80. The van der Waals surface area contributed by atoms with Gasteiger partial charge in [0, 0.05) is 26.0 Å². The largest absolute Gasteiger partial charge is 0.478 e. The summed E-state index contributed by atoms with van der Waals surface area (Å²) in [6, 6.07) is 4.03. The van der Waals surface area contributed by atoms with Gasteiger partial charge >= 0.3 is 12.7 Å². The molecule has 0 heterocycles. The summed E-state index contributed by atoms with van der Waals surface area (Å²) < 4.78 is 15.2. The van der Waals surface area contributed by atoms with Crippen LogP contribution in [0.1, 0.15) is 10.4 Å². The Labute approximate surface area is 109 Å². The van der Waals surface area contributed by atoms with Gasteiger partial charge in [0.2, 0.25) is 0 Å². The van der Waals surface area contributed by atoms with Crippen LogP contribution in [0.15, 0.2) is 18.2 Å². The maximum Gasteiger partial charge on any atom is 0.380 e. The van der Waals surface area contributed by atoms with Crippen LogP contribution in [0.4, 0.5) is 0 Å². The van der Waals surface area contributed by atoms with E-state index in [0.29, 0.717) is 0 Å². The highest BCUT2D eigenvalue weighted by Gasteiger charge is 2.20. The molecule has 0 aromatic heterocycles. The van der Waals surface area contributed by atoms with E-state index in [1.807, 2.05) is 0 Å². The fourth-order valence-corrected chi connectivity index (χ4v) is 2.19. The van der Waals surface area contributed by atoms with Crippen molar-refractivity contribution in [3.05, 3.63) is 28.8 Å². The van der Waals surface area contributed by atoms with Crippen LogP contribution in [-0.4, -0.2) is 25.3 Å². The van der Waals surface area contributed by atoms with E-state index >= 15 is 0 Å². The first-order valence-electron chi connectivity index (χ1n) is 4.36. The third kappa shape index (κ3) is 3.66. The molecule has 1 aromatic rings. The quantitative estimate of drug-likeness (QED) is 0.843. The minimum absolute atomic E-state index is 0.0606. The molecule has 0 saturated carbocycles. The van der Waals surface area contributed by atoms with Crippen molar-refractivity contribution >= 4 is 36.1 Å². The molecule has 0 spiro atoms. The molecular weight excluding hydrogens is 287 g/mol. The minimum Gasteiger partial charge on any atom is -0.478 e. The van der Waals surface area contributed by atoms with E-state index < -0.39 is 12.7 Å². The summed E-state index contributed by atoms with van der Waals surface area (Å²) in [4.78, 5) is 10.7. The number of halogens is 1. The zero-order valence-corrected chi connectivity index (χ0v) is 11.5. The number of benzene rings is 1. The van der Waals surface area contributed by atoms with Gasteiger partial charge in [-0.05, 0) is 18.2 Å². The second-order valence-electron chi connectivity index (χ2n) is 2.85. The maximum atomic E-state index is 10.7. The molecular formula is C9H10ClO5PS. The molecule has 0 amide bonds. The molecule has 94 valence electrons. The molecule has 0 aliphatic rings. The number of aromatic carboxylic acids is 1. The number of hydrogen-bond donors (Lipinski definition) is 1. The molecule has 0 fully saturated rings. The highest BCUT2D eigenvalue weighted by molar-refractivity contribution is 8.07. The number of rotatable bonds is 5. The molecule has 1 aromatic carbocycles. The fraction of sp³-hybridized carbons (Fsp3) is 0.222. The summed E-state index contributed by atoms with van der Waals surface area (Å²) in [6.07, 6.45) is 0. The van der Waals surface area contributed by atoms with Crippen molar-refractivity contribution < 1.29 is 23.5 Å². The van der Waals surface area contributed by atoms with Gasteiger partial charge in [0.15, 0.2) is 0 Å². The SMILES string of the molecule is COP(=S)(OC)Oc1ccc(C(=O)O)cc1Cl. The summed E-state index contributed by atoms with van der Waals surface area (Å²) in [6.45, 7) is -2.87. The molecule has 0 saturated heterocycles. The Morgan fingerprint density at radius 1 is 1.41 bits per heavy atom. The Morgan fingerprint density at radius 3 is 2.41 bits per heavy atom. The average Bonchev–Trinajstić information content (AvgIpc) is 2.31. The molecule has 0 aliphatic heterocycles. The molecule has 0 radical (unpaired) electrons. The predicted molar refractivity (Wildman–Crippen MR) is 67.3 cm³/mol. The lowest BCUT2D eigenvalue weighted by atomic mass is 10.2. The summed E-state index contributed by atoms with van der Waals surface area (Å²) >= 11 is 10.9. The monoisotopic (exact) mass is 296 g/mol. The van der Waals surface area contributed by atoms with Crippen molar-refractivity contribution in [2.24, 2.45) is 0 Å². The average molecular weight is 297 g/mol. The van der Waals surface area contributed by atoms with Gasteiger partial charge in [-0.1, -0.05) is 11.6 Å². The van der Waals surface area contributed by atoms with Crippen molar-refractivity contribution in [3.8, 4) is 5.75 Å². The van der Waals surface area contributed by atoms with Gasteiger partial charge in [-0.2, -0.15) is 0 Å². The molecule has 0 bridgehead atoms. The van der Waals surface area contributed by atoms with Crippen LogP contribution in [0.3, 0.4) is 0 Å². The summed E-state index contributed by atoms with van der Waals surface area (Å²) in [7, 11) is 2.73. The van der Waals surface area contributed by atoms with E-state index in [-0.39, 0.29) is 16.3 Å². The van der Waals surface area contributed by atoms with Crippen molar-refractivity contribution in [3.63, 3.8) is 0 Å². The smallest absolute Gasteiger partial charge is 0.380 e. The van der Waals surface area contributed by atoms with E-state index in [9.17, 15) is 4.79 Å². The van der Waals surface area contributed by atoms with E-state index in [1.165, 1.54) is 32.4 Å². The van der Waals surface area contributed by atoms with Crippen molar-refractivity contribution in [1.29, 1.82) is 0 Å². The lowest BCUT2D eigenvalue weighted by molar-refractivity contribution is 0.0697. The molecule has 17 heavy (non-hydrogen) atoms. The van der Waals surface area contributed by atoms with Crippen molar-refractivity contribution in [1.82, 2.24) is 0 Å². The molecule has 0 aliphatic carbocycles. The number of hydrogen-bond acceptors (Lipinski definition) is 5. The zero-order chi connectivity index (χ0) is 13.1. The van der Waals surface area contributed by atoms with Gasteiger partial charge in [0.25, 0.3) is 0 Å². The first kappa shape index (κ1) is 14.4. The van der Waals surface area contributed by atoms with Gasteiger partial charge in [-0.25, -0.2) is 4.79 Å². The number of carboxylic acid groups (broad SMARTS) is 1. The summed E-state index contributed by atoms with van der Waals surface area (Å²) in [5.74, 6) is -0.847. The van der Waals surface area contributed by atoms with Crippen LogP contribution >= 0.6 is 18.3 Å². The number of carbonyl (C=O) groups is 1. The maximum absolute atomic E-state index is 10.7. The third-order valence-corrected chi connectivity index (χ3v) is 4.56. The van der Waals surface area contributed by atoms with Crippen LogP contribution in [0.2, 0.25) is 5.02 Å². The Balaban J connectivity index is 3.01. The Kier molecular flexibility index (Phi) is 4.91. The third-order valence-electron chi connectivity index (χ3n) is 1.84. The van der Waals surface area contributed by atoms with Crippen LogP contribution in [0, 0.1) is 0 Å². The topological polar surface area (TPSA) is 65.0 Å². The zero-order valence-electron chi connectivity index (χ0n) is 9.05. The first-order chi connectivity index (χ1) is 7.91. The normalized spacial score (nSPS) is 11.2. The lowest BCUT2D eigenvalue weighted by Crippen LogP contribution is -1.99. The minimum atomic E-state index is -2.87. The van der Waals surface area contributed by atoms with Crippen LogP contribution in [0.25, 0.3) is 0 Å². The molecule has 0 atom stereocenters. The van der Waals surface area contributed by atoms with Gasteiger partial charge in [-0.3, -0.25) is 0 Å². The van der Waals surface area contributed by atoms with Crippen LogP contribution in [-0.2, 0) is 20.9 Å². The predicted octanol–water partition coefficient (Wildman–Crippen LogP) is 2.93. The van der Waals surface area contributed by atoms with Gasteiger partial charge < -0.3 is 18.7 Å². The van der Waals surface area contributed by atoms with E-state index in [2.05, 4.69) is 0 Å². The van der Waals surface area contributed by atoms with Crippen molar-refractivity contribution in [2.45, 2.75) is 0 Å². The second-order valence-corrected chi connectivity index (χ2v) is 6.41. The van der Waals surface area contributed by atoms with Gasteiger partial charge in [-0.15, -0.1) is 0 Å². The summed E-state index contributed by atoms with van der Waals surface area (Å²) in [5.41, 5.74) is 0.0606. The van der Waals surface area contributed by atoms with E-state index in [4.69, 9.17) is 42.1 Å². The van der Waals surface area contributed by atoms with Crippen LogP contribution in [0.5, 0.6) is 5.75 Å². The standard InChI is InChI=1S/C9H10ClO5PS/c1-13-16(17,14-2)15-8-4-3-6(9(11)12)5-7(8)10/h3-5H,1-2H3,(H,11,12). The van der Waals surface area contributed by atoms with Crippen molar-refractivity contribution in [2.75, 3.05) is 14.2 Å². The highest BCUT2D eigenvalue weighted by Crippen LogP contribution is 2.49. The molecule has 8 heteroatoms.